The smallest absolute Gasteiger partial charge is 0.157 e. The van der Waals surface area contributed by atoms with E-state index in [1.807, 2.05) is 62.4 Å². The summed E-state index contributed by atoms with van der Waals surface area (Å²) < 4.78 is 11.9. The second kappa shape index (κ2) is 8.08. The molecule has 0 aliphatic heterocycles. The number of pyridine rings is 2. The normalized spacial score (nSPS) is 11.1. The van der Waals surface area contributed by atoms with Gasteiger partial charge in [0.1, 0.15) is 22.8 Å². The molecular formula is C22H22N4O2. The Morgan fingerprint density at radius 3 is 2.61 bits per heavy atom. The number of ether oxygens (including phenoxy) is 2. The van der Waals surface area contributed by atoms with Crippen molar-refractivity contribution in [1.82, 2.24) is 19.9 Å². The molecule has 0 aliphatic rings. The molecule has 28 heavy (non-hydrogen) atoms. The van der Waals surface area contributed by atoms with Crippen LogP contribution in [0.15, 0.2) is 60.9 Å². The maximum absolute atomic E-state index is 5.99. The molecule has 1 aromatic carbocycles. The number of hydrogen-bond acceptors (Lipinski definition) is 5. The zero-order valence-electron chi connectivity index (χ0n) is 15.9. The zero-order valence-corrected chi connectivity index (χ0v) is 15.9. The van der Waals surface area contributed by atoms with Gasteiger partial charge in [0.2, 0.25) is 0 Å². The fourth-order valence-electron chi connectivity index (χ4n) is 2.93. The lowest BCUT2D eigenvalue weighted by Gasteiger charge is -2.13. The second-order valence-electron chi connectivity index (χ2n) is 6.74. The highest BCUT2D eigenvalue weighted by Gasteiger charge is 2.11. The maximum atomic E-state index is 5.99. The summed E-state index contributed by atoms with van der Waals surface area (Å²) in [6.45, 7) is 4.53. The minimum absolute atomic E-state index is 0.0639. The van der Waals surface area contributed by atoms with Crippen molar-refractivity contribution in [2.24, 2.45) is 0 Å². The van der Waals surface area contributed by atoms with Crippen molar-refractivity contribution in [3.8, 4) is 22.9 Å². The van der Waals surface area contributed by atoms with Crippen LogP contribution in [0.25, 0.3) is 22.6 Å². The summed E-state index contributed by atoms with van der Waals surface area (Å²) >= 11 is 0. The maximum Gasteiger partial charge on any atom is 0.157 e. The first kappa shape index (κ1) is 18.0. The third-order valence-corrected chi connectivity index (χ3v) is 4.13. The Morgan fingerprint density at radius 1 is 0.964 bits per heavy atom. The number of nitrogens with zero attached hydrogens (tertiary/aromatic N) is 3. The van der Waals surface area contributed by atoms with Crippen LogP contribution in [0.1, 0.15) is 19.5 Å². The molecule has 0 bridgehead atoms. The average Bonchev–Trinajstić information content (AvgIpc) is 3.12. The molecule has 142 valence electrons. The SMILES string of the molecule is CC(C)Oc1cc(OCCc2ccccn2)cc(-c2nc3cccnc3[nH]2)c1. The van der Waals surface area contributed by atoms with Gasteiger partial charge in [-0.2, -0.15) is 0 Å². The van der Waals surface area contributed by atoms with E-state index in [1.54, 1.807) is 12.4 Å². The molecule has 4 aromatic rings. The summed E-state index contributed by atoms with van der Waals surface area (Å²) in [5.41, 5.74) is 3.47. The Morgan fingerprint density at radius 2 is 1.82 bits per heavy atom. The quantitative estimate of drug-likeness (QED) is 0.518. The zero-order chi connectivity index (χ0) is 19.3. The molecule has 0 aliphatic carbocycles. The van der Waals surface area contributed by atoms with Crippen molar-refractivity contribution in [3.63, 3.8) is 0 Å². The van der Waals surface area contributed by atoms with Crippen LogP contribution in [0.4, 0.5) is 0 Å². The highest BCUT2D eigenvalue weighted by atomic mass is 16.5. The topological polar surface area (TPSA) is 72.9 Å². The molecule has 0 radical (unpaired) electrons. The molecule has 0 saturated heterocycles. The summed E-state index contributed by atoms with van der Waals surface area (Å²) in [6.07, 6.45) is 4.34. The van der Waals surface area contributed by atoms with Crippen molar-refractivity contribution in [2.45, 2.75) is 26.4 Å². The number of imidazole rings is 1. The summed E-state index contributed by atoms with van der Waals surface area (Å²) in [7, 11) is 0. The predicted molar refractivity (Wildman–Crippen MR) is 109 cm³/mol. The predicted octanol–water partition coefficient (Wildman–Crippen LogP) is 4.43. The van der Waals surface area contributed by atoms with E-state index < -0.39 is 0 Å². The van der Waals surface area contributed by atoms with Gasteiger partial charge in [-0.15, -0.1) is 0 Å². The van der Waals surface area contributed by atoms with Gasteiger partial charge in [0.05, 0.1) is 12.7 Å². The van der Waals surface area contributed by atoms with Crippen molar-refractivity contribution in [2.75, 3.05) is 6.61 Å². The molecule has 1 N–H and O–H groups in total. The Balaban J connectivity index is 1.59. The third-order valence-electron chi connectivity index (χ3n) is 4.13. The van der Waals surface area contributed by atoms with E-state index in [2.05, 4.69) is 19.9 Å². The molecule has 0 atom stereocenters. The van der Waals surface area contributed by atoms with Crippen LogP contribution < -0.4 is 9.47 Å². The monoisotopic (exact) mass is 374 g/mol. The van der Waals surface area contributed by atoms with Crippen molar-refractivity contribution in [1.29, 1.82) is 0 Å². The summed E-state index contributed by atoms with van der Waals surface area (Å²) in [4.78, 5) is 16.5. The first-order valence-electron chi connectivity index (χ1n) is 9.33. The van der Waals surface area contributed by atoms with Crippen molar-refractivity contribution >= 4 is 11.2 Å². The number of hydrogen-bond donors (Lipinski definition) is 1. The van der Waals surface area contributed by atoms with E-state index in [-0.39, 0.29) is 6.10 Å². The molecule has 3 aromatic heterocycles. The van der Waals surface area contributed by atoms with E-state index in [0.717, 1.165) is 46.2 Å². The van der Waals surface area contributed by atoms with Crippen LogP contribution in [-0.2, 0) is 6.42 Å². The Hall–Kier alpha value is -3.41. The molecule has 0 amide bonds. The van der Waals surface area contributed by atoms with E-state index in [4.69, 9.17) is 9.47 Å². The minimum atomic E-state index is 0.0639. The summed E-state index contributed by atoms with van der Waals surface area (Å²) in [5.74, 6) is 2.21. The molecule has 0 fully saturated rings. The molecule has 0 spiro atoms. The second-order valence-corrected chi connectivity index (χ2v) is 6.74. The number of fused-ring (bicyclic) bond motifs is 1. The highest BCUT2D eigenvalue weighted by molar-refractivity contribution is 5.76. The summed E-state index contributed by atoms with van der Waals surface area (Å²) in [6, 6.07) is 15.5. The fourth-order valence-corrected chi connectivity index (χ4v) is 2.93. The van der Waals surface area contributed by atoms with Gasteiger partial charge >= 0.3 is 0 Å². The van der Waals surface area contributed by atoms with E-state index in [0.29, 0.717) is 6.61 Å². The van der Waals surface area contributed by atoms with Gasteiger partial charge in [0.25, 0.3) is 0 Å². The molecule has 0 unspecified atom stereocenters. The van der Waals surface area contributed by atoms with Crippen LogP contribution in [0.3, 0.4) is 0 Å². The average molecular weight is 374 g/mol. The van der Waals surface area contributed by atoms with Gasteiger partial charge in [-0.05, 0) is 50.2 Å². The number of benzene rings is 1. The first-order chi connectivity index (χ1) is 13.7. The molecule has 6 nitrogen and oxygen atoms in total. The van der Waals surface area contributed by atoms with Crippen molar-refractivity contribution < 1.29 is 9.47 Å². The lowest BCUT2D eigenvalue weighted by Crippen LogP contribution is -2.07. The van der Waals surface area contributed by atoms with Gasteiger partial charge in [-0.1, -0.05) is 6.07 Å². The van der Waals surface area contributed by atoms with Gasteiger partial charge in [0.15, 0.2) is 5.65 Å². The Labute approximate surface area is 163 Å². The number of aromatic nitrogens is 4. The van der Waals surface area contributed by atoms with E-state index in [9.17, 15) is 0 Å². The van der Waals surface area contributed by atoms with Crippen molar-refractivity contribution in [3.05, 3.63) is 66.6 Å². The molecule has 6 heteroatoms. The molecule has 0 saturated carbocycles. The lowest BCUT2D eigenvalue weighted by molar-refractivity contribution is 0.240. The van der Waals surface area contributed by atoms with Gasteiger partial charge in [-0.25, -0.2) is 9.97 Å². The molecule has 3 heterocycles. The standard InChI is InChI=1S/C22H22N4O2/c1-15(2)28-19-13-16(21-25-20-7-5-10-24-22(20)26-21)12-18(14-19)27-11-8-17-6-3-4-9-23-17/h3-7,9-10,12-15H,8,11H2,1-2H3,(H,24,25,26). The Bertz CT molecular complexity index is 1030. The molecule has 4 rings (SSSR count). The number of rotatable bonds is 7. The first-order valence-corrected chi connectivity index (χ1v) is 9.33. The minimum Gasteiger partial charge on any atom is -0.493 e. The van der Waals surface area contributed by atoms with Crippen LogP contribution in [0.2, 0.25) is 0 Å². The lowest BCUT2D eigenvalue weighted by atomic mass is 10.2. The third kappa shape index (κ3) is 4.28. The Kier molecular flexibility index (Phi) is 5.19. The van der Waals surface area contributed by atoms with Crippen LogP contribution in [-0.4, -0.2) is 32.6 Å². The van der Waals surface area contributed by atoms with Crippen LogP contribution in [0.5, 0.6) is 11.5 Å². The van der Waals surface area contributed by atoms with Crippen LogP contribution >= 0.6 is 0 Å². The van der Waals surface area contributed by atoms with E-state index >= 15 is 0 Å². The highest BCUT2D eigenvalue weighted by Crippen LogP contribution is 2.30. The van der Waals surface area contributed by atoms with Gasteiger partial charge in [-0.3, -0.25) is 4.98 Å². The summed E-state index contributed by atoms with van der Waals surface area (Å²) in [5, 5.41) is 0. The van der Waals surface area contributed by atoms with E-state index in [1.165, 1.54) is 0 Å². The van der Waals surface area contributed by atoms with Crippen LogP contribution in [0, 0.1) is 0 Å². The number of H-pyrrole nitrogens is 1. The van der Waals surface area contributed by atoms with Gasteiger partial charge < -0.3 is 14.5 Å². The number of aromatic amines is 1. The largest absolute Gasteiger partial charge is 0.493 e. The number of nitrogens with one attached hydrogen (secondary N) is 1. The fraction of sp³-hybridized carbons (Fsp3) is 0.227. The molecular weight excluding hydrogens is 352 g/mol. The van der Waals surface area contributed by atoms with Gasteiger partial charge in [0, 0.05) is 36.1 Å².